The van der Waals surface area contributed by atoms with Crippen molar-refractivity contribution in [2.24, 2.45) is 0 Å². The zero-order valence-electron chi connectivity index (χ0n) is 9.78. The largest absolute Gasteiger partial charge is 0.302 e. The van der Waals surface area contributed by atoms with Gasteiger partial charge in [0.25, 0.3) is 0 Å². The SMILES string of the molecule is C[C@@H](Cc1ccc(Cl)cc1)N(C)CCC#N. The molecule has 0 spiro atoms. The summed E-state index contributed by atoms with van der Waals surface area (Å²) in [4.78, 5) is 2.21. The third-order valence-electron chi connectivity index (χ3n) is 2.77. The van der Waals surface area contributed by atoms with Gasteiger partial charge in [-0.25, -0.2) is 0 Å². The lowest BCUT2D eigenvalue weighted by Gasteiger charge is -2.23. The molecule has 0 unspecified atom stereocenters. The fourth-order valence-corrected chi connectivity index (χ4v) is 1.69. The van der Waals surface area contributed by atoms with Gasteiger partial charge >= 0.3 is 0 Å². The van der Waals surface area contributed by atoms with Gasteiger partial charge in [0.15, 0.2) is 0 Å². The molecule has 86 valence electrons. The molecule has 0 aromatic heterocycles. The summed E-state index contributed by atoms with van der Waals surface area (Å²) in [5.41, 5.74) is 1.28. The van der Waals surface area contributed by atoms with Crippen molar-refractivity contribution in [1.82, 2.24) is 4.90 Å². The predicted octanol–water partition coefficient (Wildman–Crippen LogP) is 3.12. The molecule has 0 N–H and O–H groups in total. The first kappa shape index (κ1) is 13.0. The Morgan fingerprint density at radius 1 is 1.38 bits per heavy atom. The molecule has 0 saturated carbocycles. The van der Waals surface area contributed by atoms with E-state index >= 15 is 0 Å². The Bertz CT molecular complexity index is 353. The molecular formula is C13H17ClN2. The molecule has 0 aliphatic carbocycles. The van der Waals surface area contributed by atoms with E-state index in [9.17, 15) is 0 Å². The van der Waals surface area contributed by atoms with Crippen molar-refractivity contribution in [2.45, 2.75) is 25.8 Å². The Labute approximate surface area is 102 Å². The van der Waals surface area contributed by atoms with Crippen LogP contribution in [0.5, 0.6) is 0 Å². The zero-order chi connectivity index (χ0) is 12.0. The van der Waals surface area contributed by atoms with E-state index < -0.39 is 0 Å². The highest BCUT2D eigenvalue weighted by molar-refractivity contribution is 6.30. The van der Waals surface area contributed by atoms with Gasteiger partial charge in [0.1, 0.15) is 0 Å². The Hall–Kier alpha value is -1.04. The molecule has 0 saturated heterocycles. The second kappa shape index (κ2) is 6.52. The highest BCUT2D eigenvalue weighted by Crippen LogP contribution is 2.12. The van der Waals surface area contributed by atoms with E-state index in [0.717, 1.165) is 18.0 Å². The third kappa shape index (κ3) is 4.22. The Morgan fingerprint density at radius 2 is 2.00 bits per heavy atom. The summed E-state index contributed by atoms with van der Waals surface area (Å²) < 4.78 is 0. The zero-order valence-corrected chi connectivity index (χ0v) is 10.5. The topological polar surface area (TPSA) is 27.0 Å². The first-order valence-corrected chi connectivity index (χ1v) is 5.83. The number of halogens is 1. The minimum Gasteiger partial charge on any atom is -0.302 e. The number of rotatable bonds is 5. The molecule has 1 atom stereocenters. The number of benzene rings is 1. The van der Waals surface area contributed by atoms with E-state index in [4.69, 9.17) is 16.9 Å². The fourth-order valence-electron chi connectivity index (χ4n) is 1.56. The normalized spacial score (nSPS) is 12.4. The van der Waals surface area contributed by atoms with E-state index in [1.165, 1.54) is 5.56 Å². The molecule has 1 rings (SSSR count). The van der Waals surface area contributed by atoms with Crippen LogP contribution in [0.15, 0.2) is 24.3 Å². The predicted molar refractivity (Wildman–Crippen MR) is 67.5 cm³/mol. The number of likely N-dealkylation sites (N-methyl/N-ethyl adjacent to an activating group) is 1. The Morgan fingerprint density at radius 3 is 2.56 bits per heavy atom. The van der Waals surface area contributed by atoms with Crippen molar-refractivity contribution in [3.8, 4) is 6.07 Å². The standard InChI is InChI=1S/C13H17ClN2/c1-11(16(2)9-3-8-15)10-12-4-6-13(14)7-5-12/h4-7,11H,3,9-10H2,1-2H3/t11-/m0/s1. The molecule has 0 heterocycles. The molecule has 0 aliphatic rings. The maximum Gasteiger partial charge on any atom is 0.0635 e. The van der Waals surface area contributed by atoms with Crippen LogP contribution in [0.3, 0.4) is 0 Å². The first-order valence-electron chi connectivity index (χ1n) is 5.45. The summed E-state index contributed by atoms with van der Waals surface area (Å²) in [6, 6.07) is 10.5. The molecular weight excluding hydrogens is 220 g/mol. The number of nitrogens with zero attached hydrogens (tertiary/aromatic N) is 2. The summed E-state index contributed by atoms with van der Waals surface area (Å²) in [6.07, 6.45) is 1.57. The van der Waals surface area contributed by atoms with Crippen molar-refractivity contribution >= 4 is 11.6 Å². The van der Waals surface area contributed by atoms with Crippen LogP contribution in [0, 0.1) is 11.3 Å². The lowest BCUT2D eigenvalue weighted by Crippen LogP contribution is -2.31. The van der Waals surface area contributed by atoms with Crippen molar-refractivity contribution < 1.29 is 0 Å². The van der Waals surface area contributed by atoms with E-state index in [-0.39, 0.29) is 0 Å². The van der Waals surface area contributed by atoms with Gasteiger partial charge in [-0.2, -0.15) is 5.26 Å². The van der Waals surface area contributed by atoms with Gasteiger partial charge in [0, 0.05) is 24.0 Å². The van der Waals surface area contributed by atoms with Crippen LogP contribution in [-0.2, 0) is 6.42 Å². The van der Waals surface area contributed by atoms with Gasteiger partial charge in [0.2, 0.25) is 0 Å². The van der Waals surface area contributed by atoms with Crippen LogP contribution in [-0.4, -0.2) is 24.5 Å². The Kier molecular flexibility index (Phi) is 5.31. The highest BCUT2D eigenvalue weighted by atomic mass is 35.5. The minimum absolute atomic E-state index is 0.439. The summed E-state index contributed by atoms with van der Waals surface area (Å²) >= 11 is 5.83. The maximum absolute atomic E-state index is 8.53. The van der Waals surface area contributed by atoms with E-state index in [2.05, 4.69) is 37.1 Å². The van der Waals surface area contributed by atoms with Crippen molar-refractivity contribution in [1.29, 1.82) is 5.26 Å². The molecule has 0 amide bonds. The first-order chi connectivity index (χ1) is 7.63. The van der Waals surface area contributed by atoms with Crippen molar-refractivity contribution in [2.75, 3.05) is 13.6 Å². The molecule has 0 radical (unpaired) electrons. The number of hydrogen-bond donors (Lipinski definition) is 0. The van der Waals surface area contributed by atoms with Crippen molar-refractivity contribution in [3.05, 3.63) is 34.9 Å². The second-order valence-corrected chi connectivity index (χ2v) is 4.50. The number of nitriles is 1. The molecule has 2 nitrogen and oxygen atoms in total. The molecule has 1 aromatic rings. The number of hydrogen-bond acceptors (Lipinski definition) is 2. The van der Waals surface area contributed by atoms with Crippen LogP contribution in [0.4, 0.5) is 0 Å². The smallest absolute Gasteiger partial charge is 0.0635 e. The average molecular weight is 237 g/mol. The highest BCUT2D eigenvalue weighted by Gasteiger charge is 2.09. The van der Waals surface area contributed by atoms with Crippen LogP contribution in [0.1, 0.15) is 18.9 Å². The van der Waals surface area contributed by atoms with Crippen LogP contribution >= 0.6 is 11.6 Å². The van der Waals surface area contributed by atoms with E-state index in [1.807, 2.05) is 12.1 Å². The third-order valence-corrected chi connectivity index (χ3v) is 3.03. The monoisotopic (exact) mass is 236 g/mol. The maximum atomic E-state index is 8.53. The van der Waals surface area contributed by atoms with Gasteiger partial charge in [0.05, 0.1) is 6.07 Å². The van der Waals surface area contributed by atoms with Gasteiger partial charge in [-0.05, 0) is 38.1 Å². The molecule has 0 aliphatic heterocycles. The van der Waals surface area contributed by atoms with Gasteiger partial charge in [-0.15, -0.1) is 0 Å². The van der Waals surface area contributed by atoms with Crippen LogP contribution in [0.2, 0.25) is 5.02 Å². The fraction of sp³-hybridized carbons (Fsp3) is 0.462. The second-order valence-electron chi connectivity index (χ2n) is 4.07. The minimum atomic E-state index is 0.439. The molecule has 16 heavy (non-hydrogen) atoms. The van der Waals surface area contributed by atoms with E-state index in [1.54, 1.807) is 0 Å². The molecule has 0 fully saturated rings. The van der Waals surface area contributed by atoms with Crippen LogP contribution in [0.25, 0.3) is 0 Å². The molecule has 0 bridgehead atoms. The van der Waals surface area contributed by atoms with Gasteiger partial charge < -0.3 is 4.90 Å². The summed E-state index contributed by atoms with van der Waals surface area (Å²) in [7, 11) is 2.05. The Balaban J connectivity index is 2.47. The van der Waals surface area contributed by atoms with Gasteiger partial charge in [-0.1, -0.05) is 23.7 Å². The lowest BCUT2D eigenvalue weighted by atomic mass is 10.1. The quantitative estimate of drug-likeness (QED) is 0.786. The molecule has 1 aromatic carbocycles. The van der Waals surface area contributed by atoms with Gasteiger partial charge in [-0.3, -0.25) is 0 Å². The summed E-state index contributed by atoms with van der Waals surface area (Å²) in [5.74, 6) is 0. The summed E-state index contributed by atoms with van der Waals surface area (Å²) in [5, 5.41) is 9.30. The van der Waals surface area contributed by atoms with E-state index in [0.29, 0.717) is 12.5 Å². The average Bonchev–Trinajstić information content (AvgIpc) is 2.29. The van der Waals surface area contributed by atoms with Crippen LogP contribution < -0.4 is 0 Å². The van der Waals surface area contributed by atoms with Crippen molar-refractivity contribution in [3.63, 3.8) is 0 Å². The lowest BCUT2D eigenvalue weighted by molar-refractivity contribution is 0.262. The summed E-state index contributed by atoms with van der Waals surface area (Å²) in [6.45, 7) is 3.00. The molecule has 3 heteroatoms.